The van der Waals surface area contributed by atoms with Crippen LogP contribution in [0.4, 0.5) is 39.3 Å². The normalized spacial score (nSPS) is 11.5. The van der Waals surface area contributed by atoms with Crippen molar-refractivity contribution in [3.63, 3.8) is 0 Å². The Morgan fingerprint density at radius 2 is 1.71 bits per heavy atom. The van der Waals surface area contributed by atoms with Crippen LogP contribution in [0.25, 0.3) is 0 Å². The Labute approximate surface area is 120 Å². The Bertz CT molecular complexity index is 687. The first kappa shape index (κ1) is 15.3. The van der Waals surface area contributed by atoms with Gasteiger partial charge in [-0.25, -0.2) is 13.8 Å². The van der Waals surface area contributed by atoms with E-state index in [9.17, 15) is 22.0 Å². The van der Waals surface area contributed by atoms with Gasteiger partial charge >= 0.3 is 6.18 Å². The molecule has 0 amide bonds. The minimum atomic E-state index is -4.62. The fourth-order valence-corrected chi connectivity index (χ4v) is 1.77. The second-order valence-corrected chi connectivity index (χ2v) is 4.47. The maximum absolute atomic E-state index is 13.5. The number of nitrogens with two attached hydrogens (primary N) is 1. The molecule has 0 aliphatic heterocycles. The molecular formula is C12H7ClF5N3. The third kappa shape index (κ3) is 3.52. The Morgan fingerprint density at radius 3 is 2.33 bits per heavy atom. The number of nitrogens with one attached hydrogen (secondary N) is 1. The van der Waals surface area contributed by atoms with Crippen LogP contribution in [0, 0.1) is 11.6 Å². The molecule has 0 fully saturated rings. The van der Waals surface area contributed by atoms with Gasteiger partial charge in [0.2, 0.25) is 0 Å². The van der Waals surface area contributed by atoms with Crippen LogP contribution in [0.1, 0.15) is 5.56 Å². The van der Waals surface area contributed by atoms with Crippen LogP contribution in [0.5, 0.6) is 0 Å². The van der Waals surface area contributed by atoms with Crippen LogP contribution in [0.3, 0.4) is 0 Å². The third-order valence-corrected chi connectivity index (χ3v) is 2.66. The summed E-state index contributed by atoms with van der Waals surface area (Å²) in [7, 11) is 0. The van der Waals surface area contributed by atoms with Gasteiger partial charge in [0, 0.05) is 16.8 Å². The topological polar surface area (TPSA) is 50.9 Å². The SMILES string of the molecule is Nc1nc(Nc2cc(Cl)cc(C(F)(F)F)c2)c(F)cc1F. The predicted molar refractivity (Wildman–Crippen MR) is 68.3 cm³/mol. The number of hydrogen-bond donors (Lipinski definition) is 2. The van der Waals surface area contributed by atoms with Crippen molar-refractivity contribution in [1.29, 1.82) is 0 Å². The Balaban J connectivity index is 2.40. The average Bonchev–Trinajstić information content (AvgIpc) is 2.34. The van der Waals surface area contributed by atoms with Gasteiger partial charge in [-0.3, -0.25) is 0 Å². The molecule has 1 heterocycles. The largest absolute Gasteiger partial charge is 0.416 e. The van der Waals surface area contributed by atoms with Gasteiger partial charge < -0.3 is 11.1 Å². The van der Waals surface area contributed by atoms with Gasteiger partial charge in [0.25, 0.3) is 0 Å². The lowest BCUT2D eigenvalue weighted by Crippen LogP contribution is -2.07. The molecule has 9 heteroatoms. The Morgan fingerprint density at radius 1 is 1.05 bits per heavy atom. The van der Waals surface area contributed by atoms with Gasteiger partial charge in [0.05, 0.1) is 5.56 Å². The first-order valence-electron chi connectivity index (χ1n) is 5.43. The number of nitrogen functional groups attached to an aromatic ring is 1. The van der Waals surface area contributed by atoms with Gasteiger partial charge in [0.1, 0.15) is 0 Å². The van der Waals surface area contributed by atoms with Crippen LogP contribution < -0.4 is 11.1 Å². The van der Waals surface area contributed by atoms with Crippen LogP contribution >= 0.6 is 11.6 Å². The lowest BCUT2D eigenvalue weighted by molar-refractivity contribution is -0.137. The number of anilines is 3. The van der Waals surface area contributed by atoms with Crippen molar-refractivity contribution in [3.8, 4) is 0 Å². The second kappa shape index (κ2) is 5.36. The molecule has 0 aliphatic carbocycles. The van der Waals surface area contributed by atoms with Gasteiger partial charge in [-0.1, -0.05) is 11.6 Å². The van der Waals surface area contributed by atoms with E-state index in [4.69, 9.17) is 17.3 Å². The molecule has 0 atom stereocenters. The average molecular weight is 324 g/mol. The fraction of sp³-hybridized carbons (Fsp3) is 0.0833. The lowest BCUT2D eigenvalue weighted by atomic mass is 10.2. The summed E-state index contributed by atoms with van der Waals surface area (Å²) in [4.78, 5) is 3.38. The fourth-order valence-electron chi connectivity index (χ4n) is 1.53. The quantitative estimate of drug-likeness (QED) is 0.807. The first-order chi connectivity index (χ1) is 9.66. The van der Waals surface area contributed by atoms with Crippen LogP contribution in [-0.2, 0) is 6.18 Å². The van der Waals surface area contributed by atoms with Crippen molar-refractivity contribution in [3.05, 3.63) is 46.5 Å². The number of halogens is 6. The molecule has 3 nitrogen and oxygen atoms in total. The minimum absolute atomic E-state index is 0.160. The monoisotopic (exact) mass is 323 g/mol. The molecule has 21 heavy (non-hydrogen) atoms. The molecule has 3 N–H and O–H groups in total. The smallest absolute Gasteiger partial charge is 0.381 e. The zero-order chi connectivity index (χ0) is 15.8. The number of pyridine rings is 1. The van der Waals surface area contributed by atoms with Gasteiger partial charge in [-0.2, -0.15) is 13.2 Å². The van der Waals surface area contributed by atoms with Gasteiger partial charge in [-0.05, 0) is 18.2 Å². The minimum Gasteiger partial charge on any atom is -0.381 e. The Hall–Kier alpha value is -2.09. The van der Waals surface area contributed by atoms with E-state index < -0.39 is 35.0 Å². The van der Waals surface area contributed by atoms with E-state index in [1.54, 1.807) is 0 Å². The molecule has 112 valence electrons. The lowest BCUT2D eigenvalue weighted by Gasteiger charge is -2.12. The predicted octanol–water partition coefficient (Wildman–Crippen LogP) is 4.36. The Kier molecular flexibility index (Phi) is 3.91. The molecule has 2 rings (SSSR count). The highest BCUT2D eigenvalue weighted by Gasteiger charge is 2.31. The molecule has 0 aliphatic rings. The number of hydrogen-bond acceptors (Lipinski definition) is 3. The number of rotatable bonds is 2. The summed E-state index contributed by atoms with van der Waals surface area (Å²) in [5, 5.41) is 2.07. The van der Waals surface area contributed by atoms with Gasteiger partial charge in [-0.15, -0.1) is 0 Å². The third-order valence-electron chi connectivity index (χ3n) is 2.44. The van der Waals surface area contributed by atoms with Crippen LogP contribution in [-0.4, -0.2) is 4.98 Å². The van der Waals surface area contributed by atoms with Crippen LogP contribution in [0.2, 0.25) is 5.02 Å². The maximum atomic E-state index is 13.5. The van der Waals surface area contributed by atoms with Crippen molar-refractivity contribution >= 4 is 28.9 Å². The van der Waals surface area contributed by atoms with Crippen molar-refractivity contribution in [2.75, 3.05) is 11.1 Å². The van der Waals surface area contributed by atoms with E-state index in [-0.39, 0.29) is 10.7 Å². The molecule has 0 bridgehead atoms. The van der Waals surface area contributed by atoms with E-state index in [2.05, 4.69) is 10.3 Å². The molecule has 0 unspecified atom stereocenters. The molecule has 0 saturated heterocycles. The summed E-state index contributed by atoms with van der Waals surface area (Å²) in [5.41, 5.74) is 3.99. The number of alkyl halides is 3. The zero-order valence-electron chi connectivity index (χ0n) is 10.1. The number of aromatic nitrogens is 1. The van der Waals surface area contributed by atoms with E-state index in [1.807, 2.05) is 0 Å². The number of nitrogens with zero attached hydrogens (tertiary/aromatic N) is 1. The van der Waals surface area contributed by atoms with Gasteiger partial charge in [0.15, 0.2) is 23.3 Å². The van der Waals surface area contributed by atoms with Crippen molar-refractivity contribution in [2.45, 2.75) is 6.18 Å². The molecule has 0 radical (unpaired) electrons. The highest BCUT2D eigenvalue weighted by molar-refractivity contribution is 6.31. The molecular weight excluding hydrogens is 317 g/mol. The van der Waals surface area contributed by atoms with E-state index in [1.165, 1.54) is 0 Å². The molecule has 0 spiro atoms. The summed E-state index contributed by atoms with van der Waals surface area (Å²) in [6.45, 7) is 0. The first-order valence-corrected chi connectivity index (χ1v) is 5.81. The molecule has 1 aromatic carbocycles. The van der Waals surface area contributed by atoms with Crippen molar-refractivity contribution < 1.29 is 22.0 Å². The summed E-state index contributed by atoms with van der Waals surface area (Å²) in [5.74, 6) is -3.27. The standard InChI is InChI=1S/C12H7ClF5N3/c13-6-1-5(12(16,17)18)2-7(3-6)20-11-9(15)4-8(14)10(19)21-11/h1-4H,(H3,19,20,21). The zero-order valence-corrected chi connectivity index (χ0v) is 10.9. The summed E-state index contributed by atoms with van der Waals surface area (Å²) >= 11 is 5.58. The highest BCUT2D eigenvalue weighted by atomic mass is 35.5. The summed E-state index contributed by atoms with van der Waals surface area (Å²) in [6.07, 6.45) is -4.62. The van der Waals surface area contributed by atoms with E-state index in [0.717, 1.165) is 12.1 Å². The van der Waals surface area contributed by atoms with Crippen molar-refractivity contribution in [1.82, 2.24) is 4.98 Å². The maximum Gasteiger partial charge on any atom is 0.416 e. The number of benzene rings is 1. The molecule has 0 saturated carbocycles. The van der Waals surface area contributed by atoms with Crippen LogP contribution in [0.15, 0.2) is 24.3 Å². The van der Waals surface area contributed by atoms with E-state index in [0.29, 0.717) is 12.1 Å². The molecule has 2 aromatic rings. The van der Waals surface area contributed by atoms with Crippen molar-refractivity contribution in [2.24, 2.45) is 0 Å². The molecule has 1 aromatic heterocycles. The highest BCUT2D eigenvalue weighted by Crippen LogP contribution is 2.34. The second-order valence-electron chi connectivity index (χ2n) is 4.04. The summed E-state index contributed by atoms with van der Waals surface area (Å²) in [6, 6.07) is 3.04. The van der Waals surface area contributed by atoms with E-state index >= 15 is 0 Å². The summed E-state index contributed by atoms with van der Waals surface area (Å²) < 4.78 is 64.3.